The van der Waals surface area contributed by atoms with Gasteiger partial charge in [0, 0.05) is 10.9 Å². The van der Waals surface area contributed by atoms with Crippen LogP contribution < -0.4 is 5.32 Å². The first kappa shape index (κ1) is 16.7. The molecule has 1 heterocycles. The molecule has 1 aromatic heterocycles. The van der Waals surface area contributed by atoms with Gasteiger partial charge in [-0.3, -0.25) is 0 Å². The van der Waals surface area contributed by atoms with Crippen LogP contribution in [0, 0.1) is 20.8 Å². The summed E-state index contributed by atoms with van der Waals surface area (Å²) in [4.78, 5) is 1.40. The average molecular weight is 366 g/mol. The normalized spacial score (nSPS) is 12.6. The van der Waals surface area contributed by atoms with Gasteiger partial charge >= 0.3 is 0 Å². The fourth-order valence-corrected chi connectivity index (χ4v) is 4.35. The van der Waals surface area contributed by atoms with Gasteiger partial charge in [-0.25, -0.2) is 0 Å². The van der Waals surface area contributed by atoms with Gasteiger partial charge in [0.2, 0.25) is 0 Å². The fourth-order valence-electron chi connectivity index (χ4n) is 2.58. The predicted octanol–water partition coefficient (Wildman–Crippen LogP) is 5.72. The lowest BCUT2D eigenvalue weighted by molar-refractivity contribution is 0.528. The molecular formula is C18H24BrNS. The number of hydrogen-bond acceptors (Lipinski definition) is 2. The maximum Gasteiger partial charge on any atom is 0.0704 e. The molecule has 0 spiro atoms. The molecule has 0 aliphatic rings. The Kier molecular flexibility index (Phi) is 6.03. The molecule has 0 fully saturated rings. The molecule has 0 saturated heterocycles. The smallest absolute Gasteiger partial charge is 0.0704 e. The summed E-state index contributed by atoms with van der Waals surface area (Å²) in [6.07, 6.45) is 2.21. The van der Waals surface area contributed by atoms with Crippen molar-refractivity contribution in [1.82, 2.24) is 5.32 Å². The van der Waals surface area contributed by atoms with E-state index < -0.39 is 0 Å². The van der Waals surface area contributed by atoms with Gasteiger partial charge in [0.05, 0.1) is 3.79 Å². The molecule has 0 amide bonds. The van der Waals surface area contributed by atoms with E-state index in [2.05, 4.69) is 73.2 Å². The Morgan fingerprint density at radius 3 is 2.48 bits per heavy atom. The third kappa shape index (κ3) is 4.41. The van der Waals surface area contributed by atoms with E-state index in [4.69, 9.17) is 0 Å². The fraction of sp³-hybridized carbons (Fsp3) is 0.444. The maximum atomic E-state index is 3.71. The third-order valence-electron chi connectivity index (χ3n) is 3.95. The summed E-state index contributed by atoms with van der Waals surface area (Å²) in [5.41, 5.74) is 5.59. The molecule has 1 N–H and O–H groups in total. The van der Waals surface area contributed by atoms with Crippen LogP contribution in [0.1, 0.15) is 46.5 Å². The van der Waals surface area contributed by atoms with Crippen LogP contribution >= 0.6 is 27.3 Å². The van der Waals surface area contributed by atoms with Crippen LogP contribution in [0.2, 0.25) is 0 Å². The first-order chi connectivity index (χ1) is 10.0. The van der Waals surface area contributed by atoms with Crippen LogP contribution in [0.15, 0.2) is 28.1 Å². The maximum absolute atomic E-state index is 3.71. The molecule has 1 nitrogen and oxygen atoms in total. The molecule has 0 radical (unpaired) electrons. The number of thiophene rings is 1. The number of halogens is 1. The van der Waals surface area contributed by atoms with Crippen molar-refractivity contribution in [2.24, 2.45) is 0 Å². The molecule has 21 heavy (non-hydrogen) atoms. The van der Waals surface area contributed by atoms with Gasteiger partial charge < -0.3 is 5.32 Å². The van der Waals surface area contributed by atoms with E-state index in [1.165, 1.54) is 30.9 Å². The Bertz CT molecular complexity index is 603. The van der Waals surface area contributed by atoms with Crippen LogP contribution in [-0.2, 0) is 6.42 Å². The number of rotatable bonds is 6. The van der Waals surface area contributed by atoms with E-state index in [0.717, 1.165) is 19.4 Å². The second-order valence-corrected chi connectivity index (χ2v) is 8.33. The van der Waals surface area contributed by atoms with Gasteiger partial charge in [0.25, 0.3) is 0 Å². The quantitative estimate of drug-likeness (QED) is 0.690. The monoisotopic (exact) mass is 365 g/mol. The Morgan fingerprint density at radius 2 is 1.90 bits per heavy atom. The van der Waals surface area contributed by atoms with Crippen molar-refractivity contribution in [3.05, 3.63) is 55.2 Å². The van der Waals surface area contributed by atoms with E-state index in [9.17, 15) is 0 Å². The summed E-state index contributed by atoms with van der Waals surface area (Å²) >= 11 is 5.44. The second-order valence-electron chi connectivity index (χ2n) is 5.69. The zero-order valence-electron chi connectivity index (χ0n) is 13.3. The Balaban J connectivity index is 2.23. The molecule has 114 valence electrons. The Hall–Kier alpha value is -0.640. The van der Waals surface area contributed by atoms with Crippen LogP contribution in [0.4, 0.5) is 0 Å². The lowest BCUT2D eigenvalue weighted by Crippen LogP contribution is -2.24. The van der Waals surface area contributed by atoms with Crippen molar-refractivity contribution < 1.29 is 0 Å². The summed E-state index contributed by atoms with van der Waals surface area (Å²) in [5.74, 6) is 0. The minimum atomic E-state index is 0.398. The molecule has 2 aromatic rings. The van der Waals surface area contributed by atoms with E-state index in [1.807, 2.05) is 11.3 Å². The van der Waals surface area contributed by atoms with E-state index in [1.54, 1.807) is 0 Å². The van der Waals surface area contributed by atoms with Crippen LogP contribution in [-0.4, -0.2) is 6.54 Å². The van der Waals surface area contributed by atoms with E-state index in [-0.39, 0.29) is 0 Å². The largest absolute Gasteiger partial charge is 0.310 e. The van der Waals surface area contributed by atoms with Crippen molar-refractivity contribution >= 4 is 27.3 Å². The van der Waals surface area contributed by atoms with Gasteiger partial charge in [0.15, 0.2) is 0 Å². The summed E-state index contributed by atoms with van der Waals surface area (Å²) < 4.78 is 1.22. The topological polar surface area (TPSA) is 12.0 Å². The molecule has 0 bridgehead atoms. The Morgan fingerprint density at radius 1 is 1.14 bits per heavy atom. The highest BCUT2D eigenvalue weighted by Gasteiger charge is 2.16. The summed E-state index contributed by atoms with van der Waals surface area (Å²) in [7, 11) is 0. The molecule has 3 heteroatoms. The Labute approximate surface area is 140 Å². The van der Waals surface area contributed by atoms with Crippen molar-refractivity contribution in [3.8, 4) is 0 Å². The summed E-state index contributed by atoms with van der Waals surface area (Å²) in [6.45, 7) is 9.86. The molecule has 0 aliphatic carbocycles. The van der Waals surface area contributed by atoms with Crippen molar-refractivity contribution in [2.45, 2.75) is 46.6 Å². The first-order valence-electron chi connectivity index (χ1n) is 7.56. The molecular weight excluding hydrogens is 342 g/mol. The molecule has 0 saturated carbocycles. The highest BCUT2D eigenvalue weighted by atomic mass is 79.9. The number of nitrogens with one attached hydrogen (secondary N) is 1. The lowest BCUT2D eigenvalue weighted by atomic mass is 9.97. The number of hydrogen-bond donors (Lipinski definition) is 1. The van der Waals surface area contributed by atoms with Gasteiger partial charge in [-0.1, -0.05) is 25.1 Å². The number of benzene rings is 1. The molecule has 0 aliphatic heterocycles. The highest BCUT2D eigenvalue weighted by Crippen LogP contribution is 2.32. The van der Waals surface area contributed by atoms with E-state index >= 15 is 0 Å². The molecule has 1 unspecified atom stereocenters. The van der Waals surface area contributed by atoms with Gasteiger partial charge in [-0.05, 0) is 84.4 Å². The first-order valence-corrected chi connectivity index (χ1v) is 9.17. The second kappa shape index (κ2) is 7.57. The van der Waals surface area contributed by atoms with Crippen LogP contribution in [0.25, 0.3) is 0 Å². The van der Waals surface area contributed by atoms with Crippen LogP contribution in [0.5, 0.6) is 0 Å². The molecule has 1 atom stereocenters. The molecule has 2 rings (SSSR count). The van der Waals surface area contributed by atoms with Crippen LogP contribution in [0.3, 0.4) is 0 Å². The lowest BCUT2D eigenvalue weighted by Gasteiger charge is -2.19. The number of aryl methyl sites for hydroxylation is 3. The van der Waals surface area contributed by atoms with Crippen molar-refractivity contribution in [2.75, 3.05) is 6.54 Å². The average Bonchev–Trinajstić information content (AvgIpc) is 2.77. The minimum Gasteiger partial charge on any atom is -0.310 e. The minimum absolute atomic E-state index is 0.398. The van der Waals surface area contributed by atoms with Crippen molar-refractivity contribution in [3.63, 3.8) is 0 Å². The summed E-state index contributed by atoms with van der Waals surface area (Å²) in [6, 6.07) is 9.49. The van der Waals surface area contributed by atoms with E-state index in [0.29, 0.717) is 6.04 Å². The predicted molar refractivity (Wildman–Crippen MR) is 97.4 cm³/mol. The van der Waals surface area contributed by atoms with Gasteiger partial charge in [-0.2, -0.15) is 0 Å². The SMILES string of the molecule is CCCNC(Cc1ccc(C)c(C)c1)c1cc(Br)sc1C. The highest BCUT2D eigenvalue weighted by molar-refractivity contribution is 9.11. The standard InChI is InChI=1S/C18H24BrNS/c1-5-8-20-17(16-11-18(19)21-14(16)4)10-15-7-6-12(2)13(3)9-15/h6-7,9,11,17,20H,5,8,10H2,1-4H3. The van der Waals surface area contributed by atoms with Gasteiger partial charge in [-0.15, -0.1) is 11.3 Å². The zero-order chi connectivity index (χ0) is 15.4. The van der Waals surface area contributed by atoms with Gasteiger partial charge in [0.1, 0.15) is 0 Å². The zero-order valence-corrected chi connectivity index (χ0v) is 15.7. The van der Waals surface area contributed by atoms with Crippen molar-refractivity contribution in [1.29, 1.82) is 0 Å². The molecule has 1 aromatic carbocycles. The summed E-state index contributed by atoms with van der Waals surface area (Å²) in [5, 5.41) is 3.71. The third-order valence-corrected chi connectivity index (χ3v) is 5.52.